The molecule has 3 aromatic rings. The summed E-state index contributed by atoms with van der Waals surface area (Å²) in [6.45, 7) is 1.89. The highest BCUT2D eigenvalue weighted by Gasteiger charge is 2.22. The van der Waals surface area contributed by atoms with Crippen LogP contribution < -0.4 is 5.73 Å². The molecule has 2 N–H and O–H groups in total. The van der Waals surface area contributed by atoms with Gasteiger partial charge >= 0.3 is 5.97 Å². The van der Waals surface area contributed by atoms with Gasteiger partial charge in [-0.25, -0.2) is 9.78 Å². The number of ether oxygens (including phenoxy) is 1. The maximum Gasteiger partial charge on any atom is 0.342 e. The SMILES string of the molecule is CCOC(=O)c1c(N)nc2ccc(Br)cc2c1-c1ccc([N+](=O)[O-])cc1. The number of pyridine rings is 1. The van der Waals surface area contributed by atoms with E-state index in [9.17, 15) is 14.9 Å². The minimum absolute atomic E-state index is 0.0426. The number of anilines is 1. The number of nitrogens with zero attached hydrogens (tertiary/aromatic N) is 2. The number of fused-ring (bicyclic) bond motifs is 1. The summed E-state index contributed by atoms with van der Waals surface area (Å²) in [6, 6.07) is 11.3. The third-order valence-electron chi connectivity index (χ3n) is 3.82. The molecule has 1 aromatic heterocycles. The predicted octanol–water partition coefficient (Wildman–Crippen LogP) is 4.33. The van der Waals surface area contributed by atoms with Crippen molar-refractivity contribution in [3.8, 4) is 11.1 Å². The highest BCUT2D eigenvalue weighted by atomic mass is 79.9. The number of esters is 1. The topological polar surface area (TPSA) is 108 Å². The highest BCUT2D eigenvalue weighted by molar-refractivity contribution is 9.10. The fraction of sp³-hybridized carbons (Fsp3) is 0.111. The van der Waals surface area contributed by atoms with E-state index in [2.05, 4.69) is 20.9 Å². The number of nitro groups is 1. The van der Waals surface area contributed by atoms with Crippen molar-refractivity contribution in [2.45, 2.75) is 6.92 Å². The molecule has 3 rings (SSSR count). The molecule has 0 aliphatic carbocycles. The van der Waals surface area contributed by atoms with Gasteiger partial charge in [-0.05, 0) is 42.8 Å². The van der Waals surface area contributed by atoms with Crippen LogP contribution >= 0.6 is 15.9 Å². The predicted molar refractivity (Wildman–Crippen MR) is 102 cm³/mol. The Hall–Kier alpha value is -3.00. The number of rotatable bonds is 4. The van der Waals surface area contributed by atoms with Crippen LogP contribution in [0, 0.1) is 10.1 Å². The number of hydrogen-bond donors (Lipinski definition) is 1. The van der Waals surface area contributed by atoms with Crippen LogP contribution in [0.5, 0.6) is 0 Å². The summed E-state index contributed by atoms with van der Waals surface area (Å²) in [4.78, 5) is 27.2. The van der Waals surface area contributed by atoms with Crippen molar-refractivity contribution in [1.82, 2.24) is 4.98 Å². The fourth-order valence-electron chi connectivity index (χ4n) is 2.71. The normalized spacial score (nSPS) is 10.7. The van der Waals surface area contributed by atoms with E-state index in [0.29, 0.717) is 22.0 Å². The molecule has 0 atom stereocenters. The molecule has 0 saturated heterocycles. The molecule has 8 heteroatoms. The zero-order valence-corrected chi connectivity index (χ0v) is 15.3. The Balaban J connectivity index is 2.35. The van der Waals surface area contributed by atoms with Gasteiger partial charge in [-0.15, -0.1) is 0 Å². The van der Waals surface area contributed by atoms with Crippen LogP contribution in [0.3, 0.4) is 0 Å². The van der Waals surface area contributed by atoms with Gasteiger partial charge in [0, 0.05) is 27.6 Å². The molecule has 0 bridgehead atoms. The van der Waals surface area contributed by atoms with E-state index < -0.39 is 10.9 Å². The number of carbonyl (C=O) groups is 1. The van der Waals surface area contributed by atoms with Crippen LogP contribution in [0.15, 0.2) is 46.9 Å². The Labute approximate surface area is 157 Å². The third-order valence-corrected chi connectivity index (χ3v) is 4.31. The van der Waals surface area contributed by atoms with Crippen LogP contribution in [0.4, 0.5) is 11.5 Å². The maximum absolute atomic E-state index is 12.5. The summed E-state index contributed by atoms with van der Waals surface area (Å²) in [5.41, 5.74) is 7.88. The second-order valence-corrected chi connectivity index (χ2v) is 6.35. The van der Waals surface area contributed by atoms with Gasteiger partial charge < -0.3 is 10.5 Å². The van der Waals surface area contributed by atoms with Gasteiger partial charge in [0.25, 0.3) is 5.69 Å². The van der Waals surface area contributed by atoms with E-state index in [0.717, 1.165) is 4.47 Å². The van der Waals surface area contributed by atoms with E-state index in [-0.39, 0.29) is 23.7 Å². The second kappa shape index (κ2) is 7.09. The summed E-state index contributed by atoms with van der Waals surface area (Å²) in [6.07, 6.45) is 0. The number of carbonyl (C=O) groups excluding carboxylic acids is 1. The first-order valence-corrected chi connectivity index (χ1v) is 8.52. The van der Waals surface area contributed by atoms with E-state index in [1.54, 1.807) is 25.1 Å². The lowest BCUT2D eigenvalue weighted by molar-refractivity contribution is -0.384. The minimum atomic E-state index is -0.590. The van der Waals surface area contributed by atoms with Gasteiger partial charge in [0.15, 0.2) is 0 Å². The van der Waals surface area contributed by atoms with Crippen LogP contribution in [0.2, 0.25) is 0 Å². The molecule has 0 fully saturated rings. The van der Waals surface area contributed by atoms with Gasteiger partial charge in [-0.1, -0.05) is 15.9 Å². The Bertz CT molecular complexity index is 1020. The Morgan fingerprint density at radius 3 is 2.58 bits per heavy atom. The highest BCUT2D eigenvalue weighted by Crippen LogP contribution is 2.36. The minimum Gasteiger partial charge on any atom is -0.462 e. The zero-order chi connectivity index (χ0) is 18.8. The number of nitro benzene ring substituents is 1. The average Bonchev–Trinajstić information content (AvgIpc) is 2.61. The number of non-ortho nitro benzene ring substituents is 1. The van der Waals surface area contributed by atoms with Gasteiger partial charge in [0.1, 0.15) is 11.4 Å². The quantitative estimate of drug-likeness (QED) is 0.385. The Kier molecular flexibility index (Phi) is 4.85. The molecule has 0 amide bonds. The number of halogens is 1. The lowest BCUT2D eigenvalue weighted by Gasteiger charge is -2.15. The number of benzene rings is 2. The molecule has 1 heterocycles. The molecule has 0 spiro atoms. The van der Waals surface area contributed by atoms with Crippen LogP contribution in [0.25, 0.3) is 22.0 Å². The first-order valence-electron chi connectivity index (χ1n) is 7.73. The first-order chi connectivity index (χ1) is 12.4. The van der Waals surface area contributed by atoms with Gasteiger partial charge in [-0.3, -0.25) is 10.1 Å². The van der Waals surface area contributed by atoms with Gasteiger partial charge in [-0.2, -0.15) is 0 Å². The van der Waals surface area contributed by atoms with Crippen molar-refractivity contribution in [2.75, 3.05) is 12.3 Å². The summed E-state index contributed by atoms with van der Waals surface area (Å²) >= 11 is 3.42. The molecule has 0 saturated carbocycles. The zero-order valence-electron chi connectivity index (χ0n) is 13.7. The second-order valence-electron chi connectivity index (χ2n) is 5.43. The number of aromatic nitrogens is 1. The van der Waals surface area contributed by atoms with E-state index in [1.807, 2.05) is 12.1 Å². The van der Waals surface area contributed by atoms with Crippen molar-refractivity contribution in [3.05, 3.63) is 62.6 Å². The molecule has 7 nitrogen and oxygen atoms in total. The number of hydrogen-bond acceptors (Lipinski definition) is 6. The van der Waals surface area contributed by atoms with Crippen molar-refractivity contribution in [2.24, 2.45) is 0 Å². The molecular formula is C18H14BrN3O4. The fourth-order valence-corrected chi connectivity index (χ4v) is 3.08. The lowest BCUT2D eigenvalue weighted by atomic mass is 9.95. The first kappa shape index (κ1) is 17.8. The summed E-state index contributed by atoms with van der Waals surface area (Å²) in [5, 5.41) is 11.6. The largest absolute Gasteiger partial charge is 0.462 e. The summed E-state index contributed by atoms with van der Waals surface area (Å²) < 4.78 is 5.93. The number of nitrogens with two attached hydrogens (primary N) is 1. The molecule has 0 aliphatic heterocycles. The van der Waals surface area contributed by atoms with Crippen molar-refractivity contribution >= 4 is 44.3 Å². The Morgan fingerprint density at radius 2 is 1.96 bits per heavy atom. The standard InChI is InChI=1S/C18H14BrN3O4/c1-2-26-18(23)16-15(10-3-6-12(7-4-10)22(24)25)13-9-11(19)5-8-14(13)21-17(16)20/h3-9H,2H2,1H3,(H2,20,21). The van der Waals surface area contributed by atoms with Crippen molar-refractivity contribution < 1.29 is 14.5 Å². The Morgan fingerprint density at radius 1 is 1.27 bits per heavy atom. The van der Waals surface area contributed by atoms with Crippen LogP contribution in [-0.4, -0.2) is 22.5 Å². The molecule has 2 aromatic carbocycles. The van der Waals surface area contributed by atoms with Crippen molar-refractivity contribution in [1.29, 1.82) is 0 Å². The van der Waals surface area contributed by atoms with Crippen LogP contribution in [0.1, 0.15) is 17.3 Å². The molecule has 132 valence electrons. The van der Waals surface area contributed by atoms with E-state index in [1.165, 1.54) is 12.1 Å². The van der Waals surface area contributed by atoms with Gasteiger partial charge in [0.05, 0.1) is 17.0 Å². The third kappa shape index (κ3) is 3.23. The monoisotopic (exact) mass is 415 g/mol. The summed E-state index contributed by atoms with van der Waals surface area (Å²) in [5.74, 6) is -0.542. The molecule has 0 aliphatic rings. The van der Waals surface area contributed by atoms with Crippen molar-refractivity contribution in [3.63, 3.8) is 0 Å². The molecule has 26 heavy (non-hydrogen) atoms. The maximum atomic E-state index is 12.5. The average molecular weight is 416 g/mol. The smallest absolute Gasteiger partial charge is 0.342 e. The van der Waals surface area contributed by atoms with Crippen LogP contribution in [-0.2, 0) is 4.74 Å². The van der Waals surface area contributed by atoms with Gasteiger partial charge in [0.2, 0.25) is 0 Å². The molecule has 0 unspecified atom stereocenters. The lowest BCUT2D eigenvalue weighted by Crippen LogP contribution is -2.12. The summed E-state index contributed by atoms with van der Waals surface area (Å²) in [7, 11) is 0. The van der Waals surface area contributed by atoms with E-state index >= 15 is 0 Å². The molecule has 0 radical (unpaired) electrons. The number of nitrogen functional groups attached to an aromatic ring is 1. The van der Waals surface area contributed by atoms with E-state index in [4.69, 9.17) is 10.5 Å². The molecular weight excluding hydrogens is 402 g/mol.